The van der Waals surface area contributed by atoms with E-state index >= 15 is 0 Å². The van der Waals surface area contributed by atoms with Crippen molar-refractivity contribution in [1.29, 1.82) is 0 Å². The van der Waals surface area contributed by atoms with E-state index in [2.05, 4.69) is 0 Å². The fourth-order valence-electron chi connectivity index (χ4n) is 5.36. The van der Waals surface area contributed by atoms with Crippen molar-refractivity contribution in [3.8, 4) is 11.1 Å². The van der Waals surface area contributed by atoms with E-state index in [1.54, 1.807) is 11.0 Å². The summed E-state index contributed by atoms with van der Waals surface area (Å²) in [7, 11) is 0. The Bertz CT molecular complexity index is 1630. The third-order valence-electron chi connectivity index (χ3n) is 7.22. The number of unbranched alkanes of at least 4 members (excludes halogenated alkanes) is 1. The van der Waals surface area contributed by atoms with Crippen molar-refractivity contribution in [3.63, 3.8) is 0 Å². The van der Waals surface area contributed by atoms with E-state index in [4.69, 9.17) is 11.6 Å². The highest BCUT2D eigenvalue weighted by Gasteiger charge is 2.39. The molecule has 1 atom stereocenters. The number of carbonyl (C=O) groups is 1. The van der Waals surface area contributed by atoms with E-state index in [0.717, 1.165) is 39.5 Å². The van der Waals surface area contributed by atoms with Crippen molar-refractivity contribution in [1.82, 2.24) is 4.57 Å². The van der Waals surface area contributed by atoms with Crippen LogP contribution in [0.15, 0.2) is 71.5 Å². The summed E-state index contributed by atoms with van der Waals surface area (Å²) < 4.78 is 42.4. The van der Waals surface area contributed by atoms with E-state index in [-0.39, 0.29) is 23.6 Å². The van der Waals surface area contributed by atoms with Crippen LogP contribution >= 0.6 is 11.6 Å². The number of aromatic nitrogens is 1. The molecular formula is C30H26ClF3N2O3. The van der Waals surface area contributed by atoms with Crippen LogP contribution in [0.4, 0.5) is 19.0 Å². The Hall–Kier alpha value is -3.78. The fourth-order valence-corrected chi connectivity index (χ4v) is 5.62. The average molecular weight is 555 g/mol. The van der Waals surface area contributed by atoms with Crippen LogP contribution < -0.4 is 10.5 Å². The third-order valence-corrected chi connectivity index (χ3v) is 7.61. The zero-order valence-electron chi connectivity index (χ0n) is 21.1. The van der Waals surface area contributed by atoms with Gasteiger partial charge in [0.25, 0.3) is 5.56 Å². The molecule has 1 unspecified atom stereocenters. The van der Waals surface area contributed by atoms with Crippen LogP contribution in [-0.2, 0) is 17.4 Å². The molecule has 0 fully saturated rings. The second kappa shape index (κ2) is 10.4. The molecule has 5 nitrogen and oxygen atoms in total. The molecule has 5 rings (SSSR count). The van der Waals surface area contributed by atoms with Gasteiger partial charge in [0.15, 0.2) is 6.04 Å². The predicted molar refractivity (Wildman–Crippen MR) is 147 cm³/mol. The molecule has 2 heterocycles. The minimum Gasteiger partial charge on any atom is -0.480 e. The molecule has 0 spiro atoms. The molecule has 1 aliphatic heterocycles. The highest BCUT2D eigenvalue weighted by Crippen LogP contribution is 2.44. The molecule has 39 heavy (non-hydrogen) atoms. The second-order valence-corrected chi connectivity index (χ2v) is 10.1. The molecule has 0 saturated heterocycles. The van der Waals surface area contributed by atoms with Gasteiger partial charge in [0.2, 0.25) is 0 Å². The van der Waals surface area contributed by atoms with Gasteiger partial charge in [0.05, 0.1) is 12.1 Å². The van der Waals surface area contributed by atoms with Gasteiger partial charge in [-0.05, 0) is 46.0 Å². The minimum atomic E-state index is -4.59. The first kappa shape index (κ1) is 26.8. The van der Waals surface area contributed by atoms with Gasteiger partial charge in [-0.25, -0.2) is 4.79 Å². The van der Waals surface area contributed by atoms with E-state index < -0.39 is 29.3 Å². The van der Waals surface area contributed by atoms with Crippen molar-refractivity contribution in [3.05, 3.63) is 98.8 Å². The van der Waals surface area contributed by atoms with Crippen LogP contribution in [0.3, 0.4) is 0 Å². The molecule has 0 saturated carbocycles. The number of pyridine rings is 1. The number of carboxylic acid groups (broad SMARTS) is 1. The predicted octanol–water partition coefficient (Wildman–Crippen LogP) is 7.18. The maximum absolute atomic E-state index is 13.8. The van der Waals surface area contributed by atoms with E-state index in [9.17, 15) is 27.9 Å². The van der Waals surface area contributed by atoms with Crippen LogP contribution in [0.25, 0.3) is 21.9 Å². The third kappa shape index (κ3) is 4.89. The highest BCUT2D eigenvalue weighted by molar-refractivity contribution is 6.32. The number of nitrogens with zero attached hydrogens (tertiary/aromatic N) is 2. The minimum absolute atomic E-state index is 0.0184. The number of anilines is 1. The number of hydrogen-bond donors (Lipinski definition) is 1. The molecule has 0 radical (unpaired) electrons. The zero-order chi connectivity index (χ0) is 27.9. The molecule has 1 N–H and O–H groups in total. The summed E-state index contributed by atoms with van der Waals surface area (Å²) in [5.41, 5.74) is 0.280. The Morgan fingerprint density at radius 3 is 2.51 bits per heavy atom. The topological polar surface area (TPSA) is 62.5 Å². The molecule has 3 aromatic carbocycles. The van der Waals surface area contributed by atoms with Crippen molar-refractivity contribution >= 4 is 34.2 Å². The monoisotopic (exact) mass is 554 g/mol. The average Bonchev–Trinajstić information content (AvgIpc) is 3.30. The van der Waals surface area contributed by atoms with Gasteiger partial charge in [0.1, 0.15) is 10.8 Å². The van der Waals surface area contributed by atoms with Crippen LogP contribution in [-0.4, -0.2) is 28.7 Å². The zero-order valence-corrected chi connectivity index (χ0v) is 21.9. The summed E-state index contributed by atoms with van der Waals surface area (Å²) in [5.74, 6) is -0.912. The molecule has 9 heteroatoms. The summed E-state index contributed by atoms with van der Waals surface area (Å²) in [6, 6.07) is 17.1. The van der Waals surface area contributed by atoms with Crippen LogP contribution in [0, 0.1) is 0 Å². The number of halogens is 4. The Balaban J connectivity index is 1.84. The van der Waals surface area contributed by atoms with Crippen molar-refractivity contribution in [2.75, 3.05) is 18.0 Å². The molecule has 202 valence electrons. The number of alkyl halides is 3. The molecule has 4 aromatic rings. The summed E-state index contributed by atoms with van der Waals surface area (Å²) >= 11 is 6.72. The van der Waals surface area contributed by atoms with Gasteiger partial charge in [-0.15, -0.1) is 0 Å². The lowest BCUT2D eigenvalue weighted by atomic mass is 9.92. The molecule has 0 bridgehead atoms. The largest absolute Gasteiger partial charge is 0.480 e. The maximum atomic E-state index is 13.8. The first-order valence-electron chi connectivity index (χ1n) is 12.7. The SMILES string of the molecule is CCCCN1CC(C(=O)O)n2c1c(-c1cccc(C(F)(F)F)c1)c(Cc1cccc3ccccc13)c(Cl)c2=O. The number of rotatable bonds is 7. The van der Waals surface area contributed by atoms with Gasteiger partial charge in [-0.3, -0.25) is 9.36 Å². The molecule has 0 amide bonds. The lowest BCUT2D eigenvalue weighted by Crippen LogP contribution is -2.29. The quantitative estimate of drug-likeness (QED) is 0.263. The van der Waals surface area contributed by atoms with Gasteiger partial charge in [-0.1, -0.05) is 79.5 Å². The van der Waals surface area contributed by atoms with Crippen LogP contribution in [0.5, 0.6) is 0 Å². The normalized spacial score (nSPS) is 15.1. The van der Waals surface area contributed by atoms with Gasteiger partial charge in [-0.2, -0.15) is 13.2 Å². The van der Waals surface area contributed by atoms with Crippen molar-refractivity contribution in [2.45, 2.75) is 38.4 Å². The van der Waals surface area contributed by atoms with Crippen LogP contribution in [0.1, 0.15) is 42.5 Å². The Kier molecular flexibility index (Phi) is 7.16. The Labute approximate surface area is 228 Å². The molecule has 0 aliphatic carbocycles. The summed E-state index contributed by atoms with van der Waals surface area (Å²) in [4.78, 5) is 27.7. The number of carboxylic acids is 1. The van der Waals surface area contributed by atoms with E-state index in [1.807, 2.05) is 49.4 Å². The summed E-state index contributed by atoms with van der Waals surface area (Å²) in [5, 5.41) is 11.7. The van der Waals surface area contributed by atoms with Crippen molar-refractivity contribution < 1.29 is 23.1 Å². The molecular weight excluding hydrogens is 529 g/mol. The van der Waals surface area contributed by atoms with Gasteiger partial charge in [0, 0.05) is 18.5 Å². The van der Waals surface area contributed by atoms with Gasteiger partial charge < -0.3 is 10.0 Å². The highest BCUT2D eigenvalue weighted by atomic mass is 35.5. The number of benzene rings is 3. The first-order valence-corrected chi connectivity index (χ1v) is 13.1. The lowest BCUT2D eigenvalue weighted by Gasteiger charge is -2.25. The Morgan fingerprint density at radius 1 is 1.08 bits per heavy atom. The van der Waals surface area contributed by atoms with Crippen molar-refractivity contribution in [2.24, 2.45) is 0 Å². The molecule has 1 aliphatic rings. The molecule has 1 aromatic heterocycles. The standard InChI is InChI=1S/C30H26ClF3N2O3/c1-2-3-14-35-17-24(29(38)39)36-27(35)25(20-11-7-12-21(15-20)30(32,33)34)23(26(31)28(36)37)16-19-10-6-9-18-8-4-5-13-22(18)19/h4-13,15,24H,2-3,14,16-17H2,1H3,(H,38,39). The fraction of sp³-hybridized carbons (Fsp3) is 0.267. The summed E-state index contributed by atoms with van der Waals surface area (Å²) in [6.45, 7) is 2.45. The Morgan fingerprint density at radius 2 is 1.79 bits per heavy atom. The summed E-state index contributed by atoms with van der Waals surface area (Å²) in [6.07, 6.45) is -2.89. The first-order chi connectivity index (χ1) is 18.6. The smallest absolute Gasteiger partial charge is 0.416 e. The van der Waals surface area contributed by atoms with Crippen LogP contribution in [0.2, 0.25) is 5.02 Å². The van der Waals surface area contributed by atoms with E-state index in [1.165, 1.54) is 6.07 Å². The number of aliphatic carboxylic acids is 1. The number of fused-ring (bicyclic) bond motifs is 2. The van der Waals surface area contributed by atoms with E-state index in [0.29, 0.717) is 29.9 Å². The maximum Gasteiger partial charge on any atom is 0.416 e. The van der Waals surface area contributed by atoms with Gasteiger partial charge >= 0.3 is 12.1 Å². The second-order valence-electron chi connectivity index (χ2n) is 9.71. The lowest BCUT2D eigenvalue weighted by molar-refractivity contribution is -0.140. The number of hydrogen-bond acceptors (Lipinski definition) is 3.